The van der Waals surface area contributed by atoms with Crippen molar-refractivity contribution in [3.63, 3.8) is 0 Å². The van der Waals surface area contributed by atoms with Gasteiger partial charge in [-0.1, -0.05) is 18.2 Å². The minimum Gasteiger partial charge on any atom is -0.295 e. The highest BCUT2D eigenvalue weighted by molar-refractivity contribution is 6.04. The predicted octanol–water partition coefficient (Wildman–Crippen LogP) is 2.18. The van der Waals surface area contributed by atoms with Crippen molar-refractivity contribution >= 4 is 17.6 Å². The molecule has 1 amide bonds. The van der Waals surface area contributed by atoms with Crippen molar-refractivity contribution in [2.24, 2.45) is 0 Å². The summed E-state index contributed by atoms with van der Waals surface area (Å²) >= 11 is 0. The van der Waals surface area contributed by atoms with Gasteiger partial charge in [0.25, 0.3) is 5.91 Å². The van der Waals surface area contributed by atoms with E-state index in [4.69, 9.17) is 0 Å². The van der Waals surface area contributed by atoms with Gasteiger partial charge in [0.05, 0.1) is 12.2 Å². The van der Waals surface area contributed by atoms with Crippen molar-refractivity contribution in [3.8, 4) is 0 Å². The molecule has 0 fully saturated rings. The number of anilines is 1. The smallest absolute Gasteiger partial charge is 0.258 e. The van der Waals surface area contributed by atoms with E-state index in [1.165, 1.54) is 13.3 Å². The van der Waals surface area contributed by atoms with Crippen molar-refractivity contribution in [1.82, 2.24) is 19.7 Å². The molecule has 0 unspecified atom stereocenters. The lowest BCUT2D eigenvalue weighted by Crippen LogP contribution is -2.13. The second kappa shape index (κ2) is 6.82. The van der Waals surface area contributed by atoms with Crippen LogP contribution in [0.1, 0.15) is 33.3 Å². The molecule has 24 heavy (non-hydrogen) atoms. The first-order valence-electron chi connectivity index (χ1n) is 7.33. The van der Waals surface area contributed by atoms with E-state index in [-0.39, 0.29) is 17.6 Å². The minimum absolute atomic E-state index is 0.0445. The zero-order chi connectivity index (χ0) is 16.9. The molecular formula is C17H15N5O2. The molecule has 0 saturated carbocycles. The predicted molar refractivity (Wildman–Crippen MR) is 87.8 cm³/mol. The van der Waals surface area contributed by atoms with Crippen molar-refractivity contribution in [3.05, 3.63) is 71.8 Å². The molecule has 0 aliphatic heterocycles. The molecule has 0 bridgehead atoms. The molecule has 0 atom stereocenters. The van der Waals surface area contributed by atoms with E-state index in [0.717, 1.165) is 5.69 Å². The van der Waals surface area contributed by atoms with Crippen LogP contribution in [0.5, 0.6) is 0 Å². The van der Waals surface area contributed by atoms with Crippen LogP contribution in [0.25, 0.3) is 0 Å². The van der Waals surface area contributed by atoms with Crippen molar-refractivity contribution in [1.29, 1.82) is 0 Å². The third kappa shape index (κ3) is 3.70. The van der Waals surface area contributed by atoms with Gasteiger partial charge in [-0.2, -0.15) is 0 Å². The summed E-state index contributed by atoms with van der Waals surface area (Å²) in [6.07, 6.45) is 3.24. The Morgan fingerprint density at radius 3 is 2.46 bits per heavy atom. The average molecular weight is 321 g/mol. The molecule has 0 aliphatic rings. The number of hydrogen-bond donors (Lipinski definition) is 1. The molecule has 0 aliphatic carbocycles. The third-order valence-corrected chi connectivity index (χ3v) is 3.37. The van der Waals surface area contributed by atoms with Crippen LogP contribution in [-0.2, 0) is 6.54 Å². The average Bonchev–Trinajstić information content (AvgIpc) is 3.02. The fourth-order valence-electron chi connectivity index (χ4n) is 2.12. The zero-order valence-electron chi connectivity index (χ0n) is 13.0. The molecule has 7 nitrogen and oxygen atoms in total. The molecule has 7 heteroatoms. The lowest BCUT2D eigenvalue weighted by Gasteiger charge is -2.02. The number of aromatic nitrogens is 4. The summed E-state index contributed by atoms with van der Waals surface area (Å²) in [7, 11) is 0. The Kier molecular flexibility index (Phi) is 4.42. The fraction of sp³-hybridized carbons (Fsp3) is 0.118. The Hall–Kier alpha value is -3.35. The number of amides is 1. The zero-order valence-corrected chi connectivity index (χ0v) is 13.0. The Balaban J connectivity index is 1.65. The van der Waals surface area contributed by atoms with E-state index in [1.54, 1.807) is 35.1 Å². The molecule has 0 radical (unpaired) electrons. The van der Waals surface area contributed by atoms with E-state index in [1.807, 2.05) is 18.2 Å². The summed E-state index contributed by atoms with van der Waals surface area (Å²) in [5.41, 5.74) is 1.84. The number of nitrogens with one attached hydrogen (secondary N) is 1. The number of carbonyl (C=O) groups excluding carboxylic acids is 2. The molecule has 1 aromatic carbocycles. The van der Waals surface area contributed by atoms with Gasteiger partial charge in [-0.3, -0.25) is 19.9 Å². The molecule has 2 heterocycles. The van der Waals surface area contributed by atoms with Gasteiger partial charge in [0.15, 0.2) is 5.78 Å². The van der Waals surface area contributed by atoms with Gasteiger partial charge < -0.3 is 0 Å². The molecule has 2 aromatic heterocycles. The second-order valence-electron chi connectivity index (χ2n) is 5.17. The van der Waals surface area contributed by atoms with Crippen LogP contribution >= 0.6 is 0 Å². The summed E-state index contributed by atoms with van der Waals surface area (Å²) in [4.78, 5) is 31.7. The van der Waals surface area contributed by atoms with E-state index in [9.17, 15) is 9.59 Å². The second-order valence-corrected chi connectivity index (χ2v) is 5.17. The van der Waals surface area contributed by atoms with Gasteiger partial charge in [-0.25, -0.2) is 9.67 Å². The SMILES string of the molecule is CC(=O)c1ccc(C(=O)Nc2ncn(Cc3ccccn3)n2)cc1. The van der Waals surface area contributed by atoms with Crippen LogP contribution in [0.15, 0.2) is 55.0 Å². The Morgan fingerprint density at radius 2 is 1.79 bits per heavy atom. The van der Waals surface area contributed by atoms with Gasteiger partial charge in [0, 0.05) is 17.3 Å². The van der Waals surface area contributed by atoms with Gasteiger partial charge in [-0.15, -0.1) is 5.10 Å². The monoisotopic (exact) mass is 321 g/mol. The Labute approximate surface area is 138 Å². The first-order chi connectivity index (χ1) is 11.6. The molecule has 0 spiro atoms. The molecule has 3 aromatic rings. The van der Waals surface area contributed by atoms with Crippen LogP contribution in [0, 0.1) is 0 Å². The van der Waals surface area contributed by atoms with Crippen LogP contribution in [0.2, 0.25) is 0 Å². The van der Waals surface area contributed by atoms with Gasteiger partial charge in [0.1, 0.15) is 6.33 Å². The number of benzene rings is 1. The molecular weight excluding hydrogens is 306 g/mol. The number of ketones is 1. The topological polar surface area (TPSA) is 89.8 Å². The lowest BCUT2D eigenvalue weighted by molar-refractivity contribution is 0.100. The maximum absolute atomic E-state index is 12.2. The largest absolute Gasteiger partial charge is 0.295 e. The maximum atomic E-state index is 12.2. The quantitative estimate of drug-likeness (QED) is 0.727. The first-order valence-corrected chi connectivity index (χ1v) is 7.33. The Morgan fingerprint density at radius 1 is 1.04 bits per heavy atom. The maximum Gasteiger partial charge on any atom is 0.258 e. The van der Waals surface area contributed by atoms with Crippen LogP contribution < -0.4 is 5.32 Å². The minimum atomic E-state index is -0.333. The van der Waals surface area contributed by atoms with E-state index < -0.39 is 0 Å². The standard InChI is InChI=1S/C17H15N5O2/c1-12(23)13-5-7-14(8-6-13)16(24)20-17-19-11-22(21-17)10-15-4-2-3-9-18-15/h2-9,11H,10H2,1H3,(H,20,21,24). The normalized spacial score (nSPS) is 10.4. The van der Waals surface area contributed by atoms with Crippen LogP contribution in [0.3, 0.4) is 0 Å². The molecule has 120 valence electrons. The number of pyridine rings is 1. The summed E-state index contributed by atoms with van der Waals surface area (Å²) < 4.78 is 1.59. The lowest BCUT2D eigenvalue weighted by atomic mass is 10.1. The van der Waals surface area contributed by atoms with Crippen LogP contribution in [-0.4, -0.2) is 31.4 Å². The summed E-state index contributed by atoms with van der Waals surface area (Å²) in [6.45, 7) is 1.95. The molecule has 0 saturated heterocycles. The van der Waals surface area contributed by atoms with E-state index in [0.29, 0.717) is 17.7 Å². The van der Waals surface area contributed by atoms with Crippen molar-refractivity contribution < 1.29 is 9.59 Å². The number of nitrogens with zero attached hydrogens (tertiary/aromatic N) is 4. The van der Waals surface area contributed by atoms with Crippen molar-refractivity contribution in [2.45, 2.75) is 13.5 Å². The molecule has 1 N–H and O–H groups in total. The van der Waals surface area contributed by atoms with Gasteiger partial charge in [0.2, 0.25) is 5.95 Å². The number of rotatable bonds is 5. The highest BCUT2D eigenvalue weighted by atomic mass is 16.1. The Bertz CT molecular complexity index is 856. The van der Waals surface area contributed by atoms with Crippen molar-refractivity contribution in [2.75, 3.05) is 5.32 Å². The number of Topliss-reactive ketones (excluding diaryl/α,β-unsaturated/α-hetero) is 1. The number of carbonyl (C=O) groups is 2. The van der Waals surface area contributed by atoms with E-state index >= 15 is 0 Å². The van der Waals surface area contributed by atoms with Crippen LogP contribution in [0.4, 0.5) is 5.95 Å². The summed E-state index contributed by atoms with van der Waals surface area (Å²) in [6, 6.07) is 12.0. The van der Waals surface area contributed by atoms with Gasteiger partial charge in [-0.05, 0) is 31.2 Å². The summed E-state index contributed by atoms with van der Waals surface area (Å²) in [5, 5.41) is 6.82. The first kappa shape index (κ1) is 15.5. The summed E-state index contributed by atoms with van der Waals surface area (Å²) in [5.74, 6) is -0.163. The third-order valence-electron chi connectivity index (χ3n) is 3.37. The van der Waals surface area contributed by atoms with Gasteiger partial charge >= 0.3 is 0 Å². The van der Waals surface area contributed by atoms with E-state index in [2.05, 4.69) is 20.4 Å². The fourth-order valence-corrected chi connectivity index (χ4v) is 2.12. The molecule has 3 rings (SSSR count). The number of hydrogen-bond acceptors (Lipinski definition) is 5. The highest BCUT2D eigenvalue weighted by Gasteiger charge is 2.10. The highest BCUT2D eigenvalue weighted by Crippen LogP contribution is 2.08.